The fourth-order valence-corrected chi connectivity index (χ4v) is 2.99. The lowest BCUT2D eigenvalue weighted by Gasteiger charge is -2.33. The first kappa shape index (κ1) is 17.9. The van der Waals surface area contributed by atoms with E-state index in [1.165, 1.54) is 0 Å². The van der Waals surface area contributed by atoms with E-state index >= 15 is 0 Å². The maximum atomic E-state index is 11.9. The van der Waals surface area contributed by atoms with Crippen molar-refractivity contribution in [2.45, 2.75) is 32.5 Å². The van der Waals surface area contributed by atoms with Crippen LogP contribution in [-0.4, -0.2) is 54.8 Å². The van der Waals surface area contributed by atoms with Crippen molar-refractivity contribution >= 4 is 5.91 Å². The standard InChI is InChI=1S/C18H28N2O3/c1-2-19-18(22)16-9-6-10-20(11-16)12-17(21)14-23-13-15-7-4-3-5-8-15/h3-5,7-8,16-17,21H,2,6,9-14H2,1H3,(H,19,22). The maximum absolute atomic E-state index is 11.9. The Morgan fingerprint density at radius 1 is 1.43 bits per heavy atom. The number of benzene rings is 1. The summed E-state index contributed by atoms with van der Waals surface area (Å²) in [5.74, 6) is 0.174. The van der Waals surface area contributed by atoms with Crippen LogP contribution in [0.5, 0.6) is 0 Å². The molecule has 5 nitrogen and oxygen atoms in total. The summed E-state index contributed by atoms with van der Waals surface area (Å²) in [7, 11) is 0. The van der Waals surface area contributed by atoms with Crippen molar-refractivity contribution in [1.82, 2.24) is 10.2 Å². The first-order chi connectivity index (χ1) is 11.2. The minimum atomic E-state index is -0.522. The molecule has 2 N–H and O–H groups in total. The van der Waals surface area contributed by atoms with Crippen LogP contribution in [0.2, 0.25) is 0 Å². The summed E-state index contributed by atoms with van der Waals surface area (Å²) < 4.78 is 5.58. The van der Waals surface area contributed by atoms with Crippen molar-refractivity contribution in [2.24, 2.45) is 5.92 Å². The van der Waals surface area contributed by atoms with Gasteiger partial charge in [-0.05, 0) is 31.9 Å². The van der Waals surface area contributed by atoms with Crippen LogP contribution in [0, 0.1) is 5.92 Å². The van der Waals surface area contributed by atoms with Crippen molar-refractivity contribution in [3.8, 4) is 0 Å². The zero-order chi connectivity index (χ0) is 16.5. The van der Waals surface area contributed by atoms with Crippen LogP contribution < -0.4 is 5.32 Å². The average molecular weight is 320 g/mol. The highest BCUT2D eigenvalue weighted by atomic mass is 16.5. The normalized spacial score (nSPS) is 20.2. The molecule has 2 rings (SSSR count). The second-order valence-corrected chi connectivity index (χ2v) is 6.15. The predicted molar refractivity (Wildman–Crippen MR) is 90.0 cm³/mol. The highest BCUT2D eigenvalue weighted by Gasteiger charge is 2.26. The largest absolute Gasteiger partial charge is 0.389 e. The van der Waals surface area contributed by atoms with E-state index in [0.717, 1.165) is 31.5 Å². The van der Waals surface area contributed by atoms with Crippen molar-refractivity contribution in [2.75, 3.05) is 32.8 Å². The summed E-state index contributed by atoms with van der Waals surface area (Å²) in [6.07, 6.45) is 1.41. The second-order valence-electron chi connectivity index (χ2n) is 6.15. The van der Waals surface area contributed by atoms with E-state index in [-0.39, 0.29) is 11.8 Å². The van der Waals surface area contributed by atoms with E-state index in [0.29, 0.717) is 26.3 Å². The molecule has 5 heteroatoms. The monoisotopic (exact) mass is 320 g/mol. The minimum absolute atomic E-state index is 0.0427. The van der Waals surface area contributed by atoms with Crippen LogP contribution in [0.1, 0.15) is 25.3 Å². The molecule has 2 atom stereocenters. The smallest absolute Gasteiger partial charge is 0.224 e. The molecule has 23 heavy (non-hydrogen) atoms. The van der Waals surface area contributed by atoms with E-state index in [9.17, 15) is 9.90 Å². The van der Waals surface area contributed by atoms with Gasteiger partial charge in [-0.1, -0.05) is 30.3 Å². The molecule has 1 aliphatic rings. The first-order valence-corrected chi connectivity index (χ1v) is 8.48. The molecule has 1 saturated heterocycles. The third kappa shape index (κ3) is 6.29. The van der Waals surface area contributed by atoms with Gasteiger partial charge in [0.2, 0.25) is 5.91 Å². The second kappa shape index (κ2) is 9.65. The third-order valence-electron chi connectivity index (χ3n) is 4.12. The number of nitrogens with one attached hydrogen (secondary N) is 1. The van der Waals surface area contributed by atoms with Crippen LogP contribution in [-0.2, 0) is 16.1 Å². The lowest BCUT2D eigenvalue weighted by atomic mass is 9.97. The summed E-state index contributed by atoms with van der Waals surface area (Å²) in [5.41, 5.74) is 1.11. The van der Waals surface area contributed by atoms with Gasteiger partial charge in [-0.3, -0.25) is 9.69 Å². The number of carbonyl (C=O) groups excluding carboxylic acids is 1. The number of β-amino-alcohol motifs (C(OH)–C–C–N with tert-alkyl or cyclic N) is 1. The fourth-order valence-electron chi connectivity index (χ4n) is 2.99. The van der Waals surface area contributed by atoms with Gasteiger partial charge >= 0.3 is 0 Å². The van der Waals surface area contributed by atoms with Crippen molar-refractivity contribution < 1.29 is 14.6 Å². The Morgan fingerprint density at radius 3 is 2.96 bits per heavy atom. The number of hydrogen-bond acceptors (Lipinski definition) is 4. The Bertz CT molecular complexity index is 467. The van der Waals surface area contributed by atoms with E-state index < -0.39 is 6.10 Å². The quantitative estimate of drug-likeness (QED) is 0.760. The van der Waals surface area contributed by atoms with Crippen LogP contribution in [0.15, 0.2) is 30.3 Å². The molecular weight excluding hydrogens is 292 g/mol. The van der Waals surface area contributed by atoms with E-state index in [2.05, 4.69) is 10.2 Å². The summed E-state index contributed by atoms with van der Waals surface area (Å²) in [6.45, 7) is 5.66. The third-order valence-corrected chi connectivity index (χ3v) is 4.12. The molecule has 0 aliphatic carbocycles. The Balaban J connectivity index is 1.68. The van der Waals surface area contributed by atoms with Crippen LogP contribution >= 0.6 is 0 Å². The Morgan fingerprint density at radius 2 is 2.22 bits per heavy atom. The molecule has 1 heterocycles. The number of hydrogen-bond donors (Lipinski definition) is 2. The molecule has 1 aromatic rings. The summed E-state index contributed by atoms with van der Waals surface area (Å²) in [4.78, 5) is 14.1. The highest BCUT2D eigenvalue weighted by molar-refractivity contribution is 5.78. The summed E-state index contributed by atoms with van der Waals surface area (Å²) >= 11 is 0. The molecule has 1 fully saturated rings. The van der Waals surface area contributed by atoms with Crippen molar-refractivity contribution in [1.29, 1.82) is 0 Å². The maximum Gasteiger partial charge on any atom is 0.224 e. The van der Waals surface area contributed by atoms with Gasteiger partial charge in [0.1, 0.15) is 0 Å². The Kier molecular flexibility index (Phi) is 7.52. The number of aliphatic hydroxyl groups is 1. The van der Waals surface area contributed by atoms with Crippen LogP contribution in [0.25, 0.3) is 0 Å². The molecule has 0 spiro atoms. The molecule has 2 unspecified atom stereocenters. The zero-order valence-corrected chi connectivity index (χ0v) is 13.9. The van der Waals surface area contributed by atoms with Crippen molar-refractivity contribution in [3.63, 3.8) is 0 Å². The number of carbonyl (C=O) groups is 1. The van der Waals surface area contributed by atoms with E-state index in [1.54, 1.807) is 0 Å². The lowest BCUT2D eigenvalue weighted by Crippen LogP contribution is -2.46. The number of rotatable bonds is 8. The molecule has 0 saturated carbocycles. The lowest BCUT2D eigenvalue weighted by molar-refractivity contribution is -0.126. The molecule has 128 valence electrons. The minimum Gasteiger partial charge on any atom is -0.389 e. The van der Waals surface area contributed by atoms with Crippen molar-refractivity contribution in [3.05, 3.63) is 35.9 Å². The van der Waals surface area contributed by atoms with Gasteiger partial charge < -0.3 is 15.2 Å². The average Bonchev–Trinajstić information content (AvgIpc) is 2.56. The van der Waals surface area contributed by atoms with Gasteiger partial charge in [0.25, 0.3) is 0 Å². The number of ether oxygens (including phenoxy) is 1. The Labute approximate surface area is 138 Å². The molecule has 0 radical (unpaired) electrons. The SMILES string of the molecule is CCNC(=O)C1CCCN(CC(O)COCc2ccccc2)C1. The fraction of sp³-hybridized carbons (Fsp3) is 0.611. The molecule has 0 aromatic heterocycles. The topological polar surface area (TPSA) is 61.8 Å². The van der Waals surface area contributed by atoms with Crippen LogP contribution in [0.4, 0.5) is 0 Å². The van der Waals surface area contributed by atoms with Gasteiger partial charge in [0, 0.05) is 19.6 Å². The number of amides is 1. The number of piperidine rings is 1. The Hall–Kier alpha value is -1.43. The molecule has 1 aromatic carbocycles. The molecule has 1 amide bonds. The molecule has 0 bridgehead atoms. The number of aliphatic hydroxyl groups excluding tert-OH is 1. The van der Waals surface area contributed by atoms with Crippen LogP contribution in [0.3, 0.4) is 0 Å². The summed E-state index contributed by atoms with van der Waals surface area (Å²) in [5, 5.41) is 13.0. The van der Waals surface area contributed by atoms with Gasteiger partial charge in [0.05, 0.1) is 25.2 Å². The molecular formula is C18H28N2O3. The zero-order valence-electron chi connectivity index (χ0n) is 13.9. The van der Waals surface area contributed by atoms with Gasteiger partial charge in [0.15, 0.2) is 0 Å². The van der Waals surface area contributed by atoms with Gasteiger partial charge in [-0.25, -0.2) is 0 Å². The van der Waals surface area contributed by atoms with E-state index in [1.807, 2.05) is 37.3 Å². The number of likely N-dealkylation sites (tertiary alicyclic amines) is 1. The highest BCUT2D eigenvalue weighted by Crippen LogP contribution is 2.17. The predicted octanol–water partition coefficient (Wildman–Crippen LogP) is 1.41. The first-order valence-electron chi connectivity index (χ1n) is 8.48. The number of nitrogens with zero attached hydrogens (tertiary/aromatic N) is 1. The van der Waals surface area contributed by atoms with Gasteiger partial charge in [-0.15, -0.1) is 0 Å². The summed E-state index contributed by atoms with van der Waals surface area (Å²) in [6, 6.07) is 9.94. The van der Waals surface area contributed by atoms with Gasteiger partial charge in [-0.2, -0.15) is 0 Å². The van der Waals surface area contributed by atoms with E-state index in [4.69, 9.17) is 4.74 Å². The molecule has 1 aliphatic heterocycles.